The molecule has 0 radical (unpaired) electrons. The molecule has 0 amide bonds. The van der Waals surface area contributed by atoms with Gasteiger partial charge in [0.25, 0.3) is 0 Å². The molecule has 45 heavy (non-hydrogen) atoms. The zero-order valence-corrected chi connectivity index (χ0v) is 24.4. The molecule has 3 heteroatoms. The zero-order valence-electron chi connectivity index (χ0n) is 24.4. The Balaban J connectivity index is 1.11. The summed E-state index contributed by atoms with van der Waals surface area (Å²) in [5.74, 6) is 0. The van der Waals surface area contributed by atoms with Gasteiger partial charge in [-0.15, -0.1) is 0 Å². The molecule has 0 spiro atoms. The van der Waals surface area contributed by atoms with Crippen LogP contribution in [0.4, 0.5) is 17.1 Å². The molecular formula is C42H27NO2. The highest BCUT2D eigenvalue weighted by atomic mass is 16.3. The second-order valence-corrected chi connectivity index (χ2v) is 11.3. The molecule has 2 heterocycles. The summed E-state index contributed by atoms with van der Waals surface area (Å²) < 4.78 is 12.7. The van der Waals surface area contributed by atoms with E-state index >= 15 is 0 Å². The van der Waals surface area contributed by atoms with Crippen molar-refractivity contribution in [2.45, 2.75) is 0 Å². The van der Waals surface area contributed by atoms with Gasteiger partial charge in [0.2, 0.25) is 0 Å². The Kier molecular flexibility index (Phi) is 5.82. The zero-order chi connectivity index (χ0) is 29.7. The maximum absolute atomic E-state index is 6.33. The van der Waals surface area contributed by atoms with Gasteiger partial charge in [-0.3, -0.25) is 0 Å². The number of hydrogen-bond donors (Lipinski definition) is 0. The van der Waals surface area contributed by atoms with Gasteiger partial charge in [-0.1, -0.05) is 115 Å². The summed E-state index contributed by atoms with van der Waals surface area (Å²) in [6.45, 7) is 0. The summed E-state index contributed by atoms with van der Waals surface area (Å²) in [6.07, 6.45) is 0. The molecule has 0 N–H and O–H groups in total. The summed E-state index contributed by atoms with van der Waals surface area (Å²) in [5.41, 5.74) is 11.3. The molecule has 0 bridgehead atoms. The molecule has 9 rings (SSSR count). The number of benzene rings is 7. The summed E-state index contributed by atoms with van der Waals surface area (Å²) in [6, 6.07) is 57.2. The monoisotopic (exact) mass is 577 g/mol. The van der Waals surface area contributed by atoms with E-state index in [2.05, 4.69) is 144 Å². The van der Waals surface area contributed by atoms with Crippen LogP contribution in [0.25, 0.3) is 66.1 Å². The maximum Gasteiger partial charge on any atom is 0.143 e. The molecule has 2 aromatic heterocycles. The molecule has 3 nitrogen and oxygen atoms in total. The minimum Gasteiger partial charge on any atom is -0.455 e. The summed E-state index contributed by atoms with van der Waals surface area (Å²) >= 11 is 0. The first-order valence-electron chi connectivity index (χ1n) is 15.2. The Morgan fingerprint density at radius 1 is 0.311 bits per heavy atom. The van der Waals surface area contributed by atoms with Gasteiger partial charge in [0.1, 0.15) is 22.3 Å². The second kappa shape index (κ2) is 10.3. The average Bonchev–Trinajstić information content (AvgIpc) is 3.68. The van der Waals surface area contributed by atoms with Crippen LogP contribution < -0.4 is 4.90 Å². The van der Waals surface area contributed by atoms with E-state index < -0.39 is 0 Å². The normalized spacial score (nSPS) is 11.6. The Morgan fingerprint density at radius 2 is 0.711 bits per heavy atom. The predicted octanol–water partition coefficient (Wildman–Crippen LogP) is 12.3. The fourth-order valence-electron chi connectivity index (χ4n) is 6.55. The van der Waals surface area contributed by atoms with Gasteiger partial charge < -0.3 is 13.7 Å². The van der Waals surface area contributed by atoms with Crippen LogP contribution in [0.5, 0.6) is 0 Å². The number of para-hydroxylation sites is 5. The first-order chi connectivity index (χ1) is 22.3. The van der Waals surface area contributed by atoms with Crippen LogP contribution in [-0.4, -0.2) is 0 Å². The number of rotatable bonds is 5. The standard InChI is InChI=1S/C42H27NO2/c1-2-10-30(11-3-1)43(31-24-20-28(21-25-31)33-14-8-16-37-35-12-4-6-18-39(35)44-41(33)37)32-26-22-29(23-27-32)34-15-9-17-38-36-13-5-7-19-40(36)45-42(34)38/h1-27H. The van der Waals surface area contributed by atoms with Crippen molar-refractivity contribution in [3.05, 3.63) is 164 Å². The van der Waals surface area contributed by atoms with E-state index in [9.17, 15) is 0 Å². The van der Waals surface area contributed by atoms with Gasteiger partial charge in [0.05, 0.1) is 0 Å². The Bertz CT molecular complexity index is 2310. The lowest BCUT2D eigenvalue weighted by Crippen LogP contribution is -2.09. The molecule has 9 aromatic rings. The van der Waals surface area contributed by atoms with Gasteiger partial charge in [-0.05, 0) is 59.7 Å². The highest BCUT2D eigenvalue weighted by Crippen LogP contribution is 2.40. The largest absolute Gasteiger partial charge is 0.455 e. The van der Waals surface area contributed by atoms with Crippen LogP contribution in [0.1, 0.15) is 0 Å². The van der Waals surface area contributed by atoms with Crippen LogP contribution in [0, 0.1) is 0 Å². The van der Waals surface area contributed by atoms with Crippen LogP contribution in [0.15, 0.2) is 173 Å². The quantitative estimate of drug-likeness (QED) is 0.204. The van der Waals surface area contributed by atoms with E-state index in [4.69, 9.17) is 8.83 Å². The van der Waals surface area contributed by atoms with E-state index in [1.54, 1.807) is 0 Å². The summed E-state index contributed by atoms with van der Waals surface area (Å²) in [7, 11) is 0. The molecule has 7 aromatic carbocycles. The number of nitrogens with zero attached hydrogens (tertiary/aromatic N) is 1. The Hall–Kier alpha value is -6.06. The number of furan rings is 2. The van der Waals surface area contributed by atoms with Gasteiger partial charge in [-0.2, -0.15) is 0 Å². The molecule has 0 saturated carbocycles. The van der Waals surface area contributed by atoms with Crippen LogP contribution >= 0.6 is 0 Å². The van der Waals surface area contributed by atoms with Crippen molar-refractivity contribution >= 4 is 60.9 Å². The van der Waals surface area contributed by atoms with Crippen molar-refractivity contribution in [2.24, 2.45) is 0 Å². The van der Waals surface area contributed by atoms with Gasteiger partial charge in [-0.25, -0.2) is 0 Å². The van der Waals surface area contributed by atoms with Crippen LogP contribution in [-0.2, 0) is 0 Å². The van der Waals surface area contributed by atoms with Crippen molar-refractivity contribution in [3.8, 4) is 22.3 Å². The molecule has 0 aliphatic heterocycles. The molecule has 212 valence electrons. The number of anilines is 3. The Labute approximate surface area is 260 Å². The first kappa shape index (κ1) is 25.4. The minimum atomic E-state index is 0.909. The highest BCUT2D eigenvalue weighted by molar-refractivity contribution is 6.10. The highest BCUT2D eigenvalue weighted by Gasteiger charge is 2.16. The summed E-state index contributed by atoms with van der Waals surface area (Å²) in [4.78, 5) is 2.29. The second-order valence-electron chi connectivity index (χ2n) is 11.3. The third-order valence-electron chi connectivity index (χ3n) is 8.70. The lowest BCUT2D eigenvalue weighted by Gasteiger charge is -2.26. The van der Waals surface area contributed by atoms with Crippen molar-refractivity contribution in [1.29, 1.82) is 0 Å². The van der Waals surface area contributed by atoms with Crippen LogP contribution in [0.2, 0.25) is 0 Å². The van der Waals surface area contributed by atoms with Crippen LogP contribution in [0.3, 0.4) is 0 Å². The fraction of sp³-hybridized carbons (Fsp3) is 0. The lowest BCUT2D eigenvalue weighted by molar-refractivity contribution is 0.669. The molecule has 0 aliphatic rings. The summed E-state index contributed by atoms with van der Waals surface area (Å²) in [5, 5.41) is 4.55. The van der Waals surface area contributed by atoms with E-state index in [1.807, 2.05) is 24.3 Å². The molecule has 0 fully saturated rings. The fourth-order valence-corrected chi connectivity index (χ4v) is 6.55. The SMILES string of the molecule is c1ccc(N(c2ccc(-c3cccc4c3oc3ccccc34)cc2)c2ccc(-c3cccc4c3oc3ccccc34)cc2)cc1. The molecule has 0 atom stereocenters. The molecular weight excluding hydrogens is 550 g/mol. The van der Waals surface area contributed by atoms with E-state index in [1.165, 1.54) is 0 Å². The first-order valence-corrected chi connectivity index (χ1v) is 15.2. The van der Waals surface area contributed by atoms with E-state index in [-0.39, 0.29) is 0 Å². The minimum absolute atomic E-state index is 0.909. The molecule has 0 unspecified atom stereocenters. The van der Waals surface area contributed by atoms with Crippen molar-refractivity contribution in [2.75, 3.05) is 4.90 Å². The van der Waals surface area contributed by atoms with Gasteiger partial charge in [0.15, 0.2) is 0 Å². The molecule has 0 aliphatic carbocycles. The predicted molar refractivity (Wildman–Crippen MR) is 187 cm³/mol. The number of hydrogen-bond acceptors (Lipinski definition) is 3. The van der Waals surface area contributed by atoms with Gasteiger partial charge >= 0.3 is 0 Å². The number of fused-ring (bicyclic) bond motifs is 6. The van der Waals surface area contributed by atoms with Crippen molar-refractivity contribution < 1.29 is 8.83 Å². The average molecular weight is 578 g/mol. The van der Waals surface area contributed by atoms with Crippen molar-refractivity contribution in [3.63, 3.8) is 0 Å². The lowest BCUT2D eigenvalue weighted by atomic mass is 10.0. The van der Waals surface area contributed by atoms with Crippen molar-refractivity contribution in [1.82, 2.24) is 0 Å². The van der Waals surface area contributed by atoms with E-state index in [0.717, 1.165) is 83.2 Å². The van der Waals surface area contributed by atoms with Gasteiger partial charge in [0, 0.05) is 49.7 Å². The smallest absolute Gasteiger partial charge is 0.143 e. The molecule has 0 saturated heterocycles. The Morgan fingerprint density at radius 3 is 1.20 bits per heavy atom. The third kappa shape index (κ3) is 4.21. The maximum atomic E-state index is 6.33. The topological polar surface area (TPSA) is 29.5 Å². The van der Waals surface area contributed by atoms with E-state index in [0.29, 0.717) is 0 Å². The third-order valence-corrected chi connectivity index (χ3v) is 8.70.